The lowest BCUT2D eigenvalue weighted by molar-refractivity contribution is 0.104. The zero-order chi connectivity index (χ0) is 24.6. The van der Waals surface area contributed by atoms with Crippen molar-refractivity contribution in [3.63, 3.8) is 0 Å². The van der Waals surface area contributed by atoms with E-state index in [1.807, 2.05) is 66.7 Å². The van der Waals surface area contributed by atoms with Crippen molar-refractivity contribution < 1.29 is 14.3 Å². The van der Waals surface area contributed by atoms with Gasteiger partial charge in [-0.3, -0.25) is 4.79 Å². The molecule has 0 aliphatic heterocycles. The molecule has 3 aromatic rings. The SMILES string of the molecule is C=Cc1ccc(COCCCCCCCCOc2ccc(C=CC(=O)c3ccccc3)cc2)cc1. The molecule has 3 heteroatoms. The van der Waals surface area contributed by atoms with Gasteiger partial charge in [0.2, 0.25) is 0 Å². The summed E-state index contributed by atoms with van der Waals surface area (Å²) in [7, 11) is 0. The molecule has 0 bridgehead atoms. The topological polar surface area (TPSA) is 35.5 Å². The van der Waals surface area contributed by atoms with Crippen molar-refractivity contribution in [2.75, 3.05) is 13.2 Å². The second-order valence-corrected chi connectivity index (χ2v) is 8.60. The molecular formula is C32H36O3. The molecule has 0 aliphatic rings. The number of carbonyl (C=O) groups is 1. The fraction of sp³-hybridized carbons (Fsp3) is 0.281. The van der Waals surface area contributed by atoms with E-state index in [2.05, 4.69) is 30.8 Å². The van der Waals surface area contributed by atoms with Gasteiger partial charge in [0.15, 0.2) is 5.78 Å². The minimum Gasteiger partial charge on any atom is -0.494 e. The zero-order valence-electron chi connectivity index (χ0n) is 20.5. The summed E-state index contributed by atoms with van der Waals surface area (Å²) >= 11 is 0. The molecule has 3 rings (SSSR count). The third-order valence-corrected chi connectivity index (χ3v) is 5.80. The Morgan fingerprint density at radius 1 is 0.714 bits per heavy atom. The van der Waals surface area contributed by atoms with Crippen molar-refractivity contribution in [1.29, 1.82) is 0 Å². The predicted molar refractivity (Wildman–Crippen MR) is 146 cm³/mol. The number of ether oxygens (including phenoxy) is 2. The van der Waals surface area contributed by atoms with Crippen LogP contribution in [-0.4, -0.2) is 19.0 Å². The van der Waals surface area contributed by atoms with Gasteiger partial charge in [-0.05, 0) is 47.7 Å². The van der Waals surface area contributed by atoms with Crippen LogP contribution in [0.25, 0.3) is 12.2 Å². The Morgan fingerprint density at radius 3 is 2.03 bits per heavy atom. The maximum Gasteiger partial charge on any atom is 0.185 e. The van der Waals surface area contributed by atoms with Gasteiger partial charge in [0.1, 0.15) is 5.75 Å². The van der Waals surface area contributed by atoms with Crippen molar-refractivity contribution >= 4 is 17.9 Å². The van der Waals surface area contributed by atoms with Crippen LogP contribution in [0.5, 0.6) is 5.75 Å². The fourth-order valence-electron chi connectivity index (χ4n) is 3.69. The van der Waals surface area contributed by atoms with Crippen LogP contribution in [0.2, 0.25) is 0 Å². The van der Waals surface area contributed by atoms with Gasteiger partial charge in [0.25, 0.3) is 0 Å². The molecule has 0 amide bonds. The van der Waals surface area contributed by atoms with E-state index in [4.69, 9.17) is 9.47 Å². The van der Waals surface area contributed by atoms with Crippen LogP contribution in [0.3, 0.4) is 0 Å². The van der Waals surface area contributed by atoms with Gasteiger partial charge in [0, 0.05) is 12.2 Å². The first kappa shape index (κ1) is 26.2. The Balaban J connectivity index is 1.18. The Morgan fingerprint density at radius 2 is 1.34 bits per heavy atom. The first-order chi connectivity index (χ1) is 17.2. The summed E-state index contributed by atoms with van der Waals surface area (Å²) in [5, 5.41) is 0. The molecule has 0 fully saturated rings. The van der Waals surface area contributed by atoms with E-state index in [0.29, 0.717) is 12.2 Å². The highest BCUT2D eigenvalue weighted by molar-refractivity contribution is 6.06. The second-order valence-electron chi connectivity index (χ2n) is 8.60. The molecule has 182 valence electrons. The van der Waals surface area contributed by atoms with Crippen molar-refractivity contribution in [3.05, 3.63) is 114 Å². The van der Waals surface area contributed by atoms with Gasteiger partial charge < -0.3 is 9.47 Å². The Kier molecular flexibility index (Phi) is 11.6. The minimum atomic E-state index is 0.00759. The molecule has 0 aliphatic carbocycles. The lowest BCUT2D eigenvalue weighted by atomic mass is 10.1. The zero-order valence-corrected chi connectivity index (χ0v) is 20.5. The number of hydrogen-bond acceptors (Lipinski definition) is 3. The molecule has 0 saturated carbocycles. The van der Waals surface area contributed by atoms with Crippen LogP contribution < -0.4 is 4.74 Å². The van der Waals surface area contributed by atoms with E-state index in [1.165, 1.54) is 31.2 Å². The summed E-state index contributed by atoms with van der Waals surface area (Å²) in [5.74, 6) is 0.876. The molecule has 0 saturated heterocycles. The van der Waals surface area contributed by atoms with E-state index in [-0.39, 0.29) is 5.78 Å². The first-order valence-electron chi connectivity index (χ1n) is 12.5. The number of benzene rings is 3. The Labute approximate surface area is 210 Å². The third kappa shape index (κ3) is 10.2. The van der Waals surface area contributed by atoms with Crippen LogP contribution in [0.1, 0.15) is 65.6 Å². The summed E-state index contributed by atoms with van der Waals surface area (Å²) in [6, 6.07) is 25.5. The third-order valence-electron chi connectivity index (χ3n) is 5.80. The van der Waals surface area contributed by atoms with Gasteiger partial charge in [-0.15, -0.1) is 0 Å². The molecule has 0 atom stereocenters. The molecule has 3 nitrogen and oxygen atoms in total. The highest BCUT2D eigenvalue weighted by Gasteiger charge is 2.00. The predicted octanol–water partition coefficient (Wildman–Crippen LogP) is 8.16. The maximum atomic E-state index is 12.2. The standard InChI is InChI=1S/C32H36O3/c1-2-27-14-16-29(17-15-27)26-34-24-10-5-3-4-6-11-25-35-31-21-18-28(19-22-31)20-23-32(33)30-12-8-7-9-13-30/h2,7-9,12-23H,1,3-6,10-11,24-26H2. The number of ketones is 1. The molecule has 0 unspecified atom stereocenters. The van der Waals surface area contributed by atoms with Crippen molar-refractivity contribution in [3.8, 4) is 5.75 Å². The average Bonchev–Trinajstić information content (AvgIpc) is 2.92. The van der Waals surface area contributed by atoms with Gasteiger partial charge in [-0.25, -0.2) is 0 Å². The smallest absolute Gasteiger partial charge is 0.185 e. The quantitative estimate of drug-likeness (QED) is 0.121. The minimum absolute atomic E-state index is 0.00759. The molecular weight excluding hydrogens is 432 g/mol. The van der Waals surface area contributed by atoms with E-state index in [1.54, 1.807) is 6.08 Å². The number of carbonyl (C=O) groups excluding carboxylic acids is 1. The van der Waals surface area contributed by atoms with Crippen LogP contribution in [0.4, 0.5) is 0 Å². The fourth-order valence-corrected chi connectivity index (χ4v) is 3.69. The molecule has 35 heavy (non-hydrogen) atoms. The van der Waals surface area contributed by atoms with E-state index in [9.17, 15) is 4.79 Å². The Hall–Kier alpha value is -3.43. The first-order valence-corrected chi connectivity index (χ1v) is 12.5. The lowest BCUT2D eigenvalue weighted by Gasteiger charge is -2.07. The van der Waals surface area contributed by atoms with Crippen molar-refractivity contribution in [2.45, 2.75) is 45.1 Å². The van der Waals surface area contributed by atoms with Crippen molar-refractivity contribution in [2.24, 2.45) is 0 Å². The monoisotopic (exact) mass is 468 g/mol. The number of unbranched alkanes of at least 4 members (excludes halogenated alkanes) is 5. The highest BCUT2D eigenvalue weighted by Crippen LogP contribution is 2.15. The molecule has 0 heterocycles. The molecule has 0 aromatic heterocycles. The second kappa shape index (κ2) is 15.5. The van der Waals surface area contributed by atoms with Crippen molar-refractivity contribution in [1.82, 2.24) is 0 Å². The lowest BCUT2D eigenvalue weighted by Crippen LogP contribution is -1.98. The summed E-state index contributed by atoms with van der Waals surface area (Å²) in [6.07, 6.45) is 12.3. The molecule has 0 N–H and O–H groups in total. The van der Waals surface area contributed by atoms with Crippen LogP contribution in [-0.2, 0) is 11.3 Å². The van der Waals surface area contributed by atoms with Gasteiger partial charge in [0.05, 0.1) is 13.2 Å². The Bertz CT molecular complexity index is 1030. The van der Waals surface area contributed by atoms with Gasteiger partial charge >= 0.3 is 0 Å². The van der Waals surface area contributed by atoms with Gasteiger partial charge in [-0.2, -0.15) is 0 Å². The largest absolute Gasteiger partial charge is 0.494 e. The molecule has 0 spiro atoms. The maximum absolute atomic E-state index is 12.2. The average molecular weight is 469 g/mol. The highest BCUT2D eigenvalue weighted by atomic mass is 16.5. The normalized spacial score (nSPS) is 11.0. The van der Waals surface area contributed by atoms with Crippen LogP contribution in [0, 0.1) is 0 Å². The van der Waals surface area contributed by atoms with Crippen LogP contribution in [0.15, 0.2) is 91.5 Å². The van der Waals surface area contributed by atoms with E-state index >= 15 is 0 Å². The summed E-state index contributed by atoms with van der Waals surface area (Å²) in [6.45, 7) is 6.00. The number of rotatable bonds is 16. The van der Waals surface area contributed by atoms with Gasteiger partial charge in [-0.1, -0.05) is 111 Å². The summed E-state index contributed by atoms with van der Waals surface area (Å²) < 4.78 is 11.6. The number of allylic oxidation sites excluding steroid dienone is 1. The molecule has 0 radical (unpaired) electrons. The summed E-state index contributed by atoms with van der Waals surface area (Å²) in [4.78, 5) is 12.2. The van der Waals surface area contributed by atoms with E-state index in [0.717, 1.165) is 42.9 Å². The summed E-state index contributed by atoms with van der Waals surface area (Å²) in [5.41, 5.74) is 4.03. The number of hydrogen-bond donors (Lipinski definition) is 0. The molecule has 3 aromatic carbocycles. The van der Waals surface area contributed by atoms with Crippen LogP contribution >= 0.6 is 0 Å². The van der Waals surface area contributed by atoms with E-state index < -0.39 is 0 Å².